The van der Waals surface area contributed by atoms with Gasteiger partial charge in [-0.05, 0) is 69.9 Å². The maximum atomic E-state index is 14.2. The number of amides is 3. The summed E-state index contributed by atoms with van der Waals surface area (Å²) in [7, 11) is 1.58. The van der Waals surface area contributed by atoms with Gasteiger partial charge in [-0.15, -0.1) is 0 Å². The first-order chi connectivity index (χ1) is 18.4. The zero-order valence-corrected chi connectivity index (χ0v) is 24.7. The fourth-order valence-electron chi connectivity index (χ4n) is 4.22. The SMILES string of the molecule is CCCCCN(C(=O)C(NC(=O)OC(C)(C)C)C(C)C)C(C(=O)Nc1ccc(OC)cc1)c1cccc(C)c1. The van der Waals surface area contributed by atoms with Crippen LogP contribution in [0, 0.1) is 12.8 Å². The number of unbranched alkanes of at least 4 members (excludes halogenated alkanes) is 2. The van der Waals surface area contributed by atoms with Crippen molar-refractivity contribution >= 4 is 23.6 Å². The van der Waals surface area contributed by atoms with Crippen molar-refractivity contribution in [1.82, 2.24) is 10.2 Å². The minimum Gasteiger partial charge on any atom is -0.497 e. The van der Waals surface area contributed by atoms with E-state index in [0.29, 0.717) is 23.5 Å². The molecule has 2 aromatic rings. The number of nitrogens with zero attached hydrogens (tertiary/aromatic N) is 1. The number of benzene rings is 2. The summed E-state index contributed by atoms with van der Waals surface area (Å²) < 4.78 is 10.7. The minimum atomic E-state index is -0.905. The number of aryl methyl sites for hydroxylation is 1. The van der Waals surface area contributed by atoms with Gasteiger partial charge in [-0.2, -0.15) is 0 Å². The van der Waals surface area contributed by atoms with Crippen LogP contribution in [-0.2, 0) is 14.3 Å². The smallest absolute Gasteiger partial charge is 0.408 e. The second-order valence-electron chi connectivity index (χ2n) is 11.1. The summed E-state index contributed by atoms with van der Waals surface area (Å²) in [6, 6.07) is 12.9. The van der Waals surface area contributed by atoms with E-state index in [1.54, 1.807) is 57.0 Å². The van der Waals surface area contributed by atoms with Crippen LogP contribution in [0.1, 0.15) is 78.0 Å². The first-order valence-electron chi connectivity index (χ1n) is 13.7. The summed E-state index contributed by atoms with van der Waals surface area (Å²) >= 11 is 0. The van der Waals surface area contributed by atoms with Crippen molar-refractivity contribution in [3.8, 4) is 5.75 Å². The van der Waals surface area contributed by atoms with E-state index >= 15 is 0 Å². The summed E-state index contributed by atoms with van der Waals surface area (Å²) in [6.07, 6.45) is 1.91. The van der Waals surface area contributed by atoms with Gasteiger partial charge in [0.25, 0.3) is 5.91 Å². The van der Waals surface area contributed by atoms with E-state index in [4.69, 9.17) is 9.47 Å². The number of anilines is 1. The van der Waals surface area contributed by atoms with Gasteiger partial charge in [0.05, 0.1) is 7.11 Å². The van der Waals surface area contributed by atoms with Crippen molar-refractivity contribution in [2.45, 2.75) is 85.4 Å². The van der Waals surface area contributed by atoms with Gasteiger partial charge in [-0.1, -0.05) is 63.4 Å². The van der Waals surface area contributed by atoms with E-state index < -0.39 is 23.8 Å². The van der Waals surface area contributed by atoms with Crippen molar-refractivity contribution in [1.29, 1.82) is 0 Å². The highest BCUT2D eigenvalue weighted by Gasteiger charge is 2.37. The minimum absolute atomic E-state index is 0.235. The quantitative estimate of drug-likeness (QED) is 0.311. The van der Waals surface area contributed by atoms with Crippen molar-refractivity contribution < 1.29 is 23.9 Å². The zero-order valence-electron chi connectivity index (χ0n) is 24.7. The molecule has 0 fully saturated rings. The lowest BCUT2D eigenvalue weighted by Gasteiger charge is -2.35. The van der Waals surface area contributed by atoms with Crippen molar-refractivity contribution in [3.05, 3.63) is 59.7 Å². The molecular formula is C31H45N3O5. The van der Waals surface area contributed by atoms with Crippen molar-refractivity contribution in [2.24, 2.45) is 5.92 Å². The molecule has 2 N–H and O–H groups in total. The van der Waals surface area contributed by atoms with Gasteiger partial charge in [0.1, 0.15) is 23.4 Å². The average Bonchev–Trinajstić information content (AvgIpc) is 2.85. The number of methoxy groups -OCH3 is 1. The summed E-state index contributed by atoms with van der Waals surface area (Å²) in [4.78, 5) is 42.4. The number of carbonyl (C=O) groups is 3. The molecular weight excluding hydrogens is 494 g/mol. The largest absolute Gasteiger partial charge is 0.497 e. The lowest BCUT2D eigenvalue weighted by atomic mass is 9.97. The molecule has 0 aliphatic carbocycles. The summed E-state index contributed by atoms with van der Waals surface area (Å²) in [6.45, 7) is 13.4. The Hall–Kier alpha value is -3.55. The Bertz CT molecular complexity index is 1090. The molecule has 2 atom stereocenters. The molecule has 2 rings (SSSR count). The highest BCUT2D eigenvalue weighted by molar-refractivity contribution is 5.99. The number of alkyl carbamates (subject to hydrolysis) is 1. The van der Waals surface area contributed by atoms with Crippen LogP contribution in [0.2, 0.25) is 0 Å². The Kier molecular flexibility index (Phi) is 11.8. The molecule has 0 bridgehead atoms. The predicted molar refractivity (Wildman–Crippen MR) is 155 cm³/mol. The van der Waals surface area contributed by atoms with E-state index in [1.807, 2.05) is 45.0 Å². The van der Waals surface area contributed by atoms with Crippen molar-refractivity contribution in [3.63, 3.8) is 0 Å². The fraction of sp³-hybridized carbons (Fsp3) is 0.516. The van der Waals surface area contributed by atoms with Gasteiger partial charge in [0, 0.05) is 12.2 Å². The molecule has 2 aromatic carbocycles. The van der Waals surface area contributed by atoms with E-state index in [2.05, 4.69) is 17.6 Å². The molecule has 2 unspecified atom stereocenters. The van der Waals surface area contributed by atoms with Crippen LogP contribution in [-0.4, -0.2) is 48.1 Å². The molecule has 0 aliphatic heterocycles. The Morgan fingerprint density at radius 2 is 1.67 bits per heavy atom. The molecule has 0 spiro atoms. The molecule has 0 aromatic heterocycles. The third-order valence-electron chi connectivity index (χ3n) is 6.17. The number of nitrogens with one attached hydrogen (secondary N) is 2. The lowest BCUT2D eigenvalue weighted by molar-refractivity contribution is -0.141. The molecule has 8 nitrogen and oxygen atoms in total. The second-order valence-corrected chi connectivity index (χ2v) is 11.1. The van der Waals surface area contributed by atoms with Crippen LogP contribution < -0.4 is 15.4 Å². The number of rotatable bonds is 12. The summed E-state index contributed by atoms with van der Waals surface area (Å²) in [5.74, 6) is -0.229. The van der Waals surface area contributed by atoms with E-state index in [0.717, 1.165) is 24.8 Å². The van der Waals surface area contributed by atoms with Gasteiger partial charge in [-0.3, -0.25) is 9.59 Å². The number of carbonyl (C=O) groups excluding carboxylic acids is 3. The van der Waals surface area contributed by atoms with Crippen LogP contribution in [0.4, 0.5) is 10.5 Å². The fourth-order valence-corrected chi connectivity index (χ4v) is 4.22. The number of hydrogen-bond donors (Lipinski definition) is 2. The normalized spacial score (nSPS) is 12.8. The lowest BCUT2D eigenvalue weighted by Crippen LogP contribution is -2.54. The number of hydrogen-bond acceptors (Lipinski definition) is 5. The predicted octanol–water partition coefficient (Wildman–Crippen LogP) is 6.25. The Morgan fingerprint density at radius 3 is 2.21 bits per heavy atom. The Labute approximate surface area is 233 Å². The van der Waals surface area contributed by atoms with Gasteiger partial charge >= 0.3 is 6.09 Å². The average molecular weight is 540 g/mol. The maximum absolute atomic E-state index is 14.2. The second kappa shape index (κ2) is 14.6. The topological polar surface area (TPSA) is 97.0 Å². The summed E-state index contributed by atoms with van der Waals surface area (Å²) in [5, 5.41) is 5.74. The van der Waals surface area contributed by atoms with Crippen LogP contribution >= 0.6 is 0 Å². The Morgan fingerprint density at radius 1 is 1.00 bits per heavy atom. The monoisotopic (exact) mass is 539 g/mol. The van der Waals surface area contributed by atoms with Crippen LogP contribution in [0.25, 0.3) is 0 Å². The van der Waals surface area contributed by atoms with E-state index in [9.17, 15) is 14.4 Å². The molecule has 0 heterocycles. The van der Waals surface area contributed by atoms with Crippen LogP contribution in [0.5, 0.6) is 5.75 Å². The standard InChI is InChI=1S/C31H45N3O5/c1-9-10-11-19-34(29(36)26(21(2)3)33-30(37)39-31(5,6)7)27(23-14-12-13-22(4)20-23)28(35)32-24-15-17-25(38-8)18-16-24/h12-18,20-21,26-27H,9-11,19H2,1-8H3,(H,32,35)(H,33,37). The third-order valence-corrected chi connectivity index (χ3v) is 6.17. The molecule has 0 radical (unpaired) electrons. The highest BCUT2D eigenvalue weighted by Crippen LogP contribution is 2.27. The van der Waals surface area contributed by atoms with Crippen LogP contribution in [0.3, 0.4) is 0 Å². The molecule has 0 saturated heterocycles. The zero-order chi connectivity index (χ0) is 29.2. The maximum Gasteiger partial charge on any atom is 0.408 e. The molecule has 0 aliphatic rings. The van der Waals surface area contributed by atoms with Crippen LogP contribution in [0.15, 0.2) is 48.5 Å². The van der Waals surface area contributed by atoms with Gasteiger partial charge in [0.2, 0.25) is 5.91 Å². The molecule has 3 amide bonds. The molecule has 8 heteroatoms. The van der Waals surface area contributed by atoms with E-state index in [-0.39, 0.29) is 17.7 Å². The van der Waals surface area contributed by atoms with Gasteiger partial charge in [0.15, 0.2) is 0 Å². The van der Waals surface area contributed by atoms with Crippen molar-refractivity contribution in [2.75, 3.05) is 19.0 Å². The van der Waals surface area contributed by atoms with Gasteiger partial charge < -0.3 is 25.0 Å². The Balaban J connectivity index is 2.51. The third kappa shape index (κ3) is 9.93. The first-order valence-corrected chi connectivity index (χ1v) is 13.7. The highest BCUT2D eigenvalue weighted by atomic mass is 16.6. The van der Waals surface area contributed by atoms with Gasteiger partial charge in [-0.25, -0.2) is 4.79 Å². The molecule has 214 valence electrons. The van der Waals surface area contributed by atoms with E-state index in [1.165, 1.54) is 0 Å². The molecule has 0 saturated carbocycles. The summed E-state index contributed by atoms with van der Waals surface area (Å²) in [5.41, 5.74) is 1.55. The molecule has 39 heavy (non-hydrogen) atoms. The number of ether oxygens (including phenoxy) is 2. The first kappa shape index (κ1) is 31.7.